The zero-order chi connectivity index (χ0) is 22.8. The van der Waals surface area contributed by atoms with Crippen LogP contribution in [0.1, 0.15) is 30.1 Å². The second-order valence-corrected chi connectivity index (χ2v) is 8.63. The van der Waals surface area contributed by atoms with Gasteiger partial charge in [-0.2, -0.15) is 15.0 Å². The van der Waals surface area contributed by atoms with Gasteiger partial charge in [0.25, 0.3) is 0 Å². The molecule has 0 unspecified atom stereocenters. The Bertz CT molecular complexity index is 892. The number of aliphatic hydroxyl groups excluding tert-OH is 2. The number of carbonyl (C=O) groups excluding carboxylic acids is 1. The number of Topliss-reactive ketones (excluding diaryl/α,β-unsaturated/α-hetero) is 1. The van der Waals surface area contributed by atoms with Gasteiger partial charge in [0.05, 0.1) is 12.2 Å². The fourth-order valence-electron chi connectivity index (χ4n) is 4.16. The average molecular weight is 443 g/mol. The Labute approximate surface area is 186 Å². The number of ketones is 1. The van der Waals surface area contributed by atoms with Crippen LogP contribution in [0.2, 0.25) is 0 Å². The van der Waals surface area contributed by atoms with Gasteiger partial charge in [-0.3, -0.25) is 4.79 Å². The Morgan fingerprint density at radius 1 is 0.906 bits per heavy atom. The van der Waals surface area contributed by atoms with Crippen LogP contribution in [0.4, 0.5) is 23.5 Å². The van der Waals surface area contributed by atoms with Crippen molar-refractivity contribution in [2.45, 2.75) is 44.1 Å². The SMILES string of the molecule is CC(=O)c1ccc(Nc2nc(N3C[C@H](N)C[C@H](N)C3)nc(N3C[C@H](O)C[C@@H](O)C3)n2)cc1. The summed E-state index contributed by atoms with van der Waals surface area (Å²) in [6.07, 6.45) is -0.303. The van der Waals surface area contributed by atoms with Crippen molar-refractivity contribution in [3.63, 3.8) is 0 Å². The number of nitrogens with one attached hydrogen (secondary N) is 1. The highest BCUT2D eigenvalue weighted by molar-refractivity contribution is 5.94. The van der Waals surface area contributed by atoms with Gasteiger partial charge in [-0.05, 0) is 37.6 Å². The monoisotopic (exact) mass is 442 g/mol. The summed E-state index contributed by atoms with van der Waals surface area (Å²) in [7, 11) is 0. The summed E-state index contributed by atoms with van der Waals surface area (Å²) >= 11 is 0. The first-order chi connectivity index (χ1) is 15.3. The topological polar surface area (TPSA) is 167 Å². The van der Waals surface area contributed by atoms with Crippen molar-refractivity contribution in [3.05, 3.63) is 29.8 Å². The van der Waals surface area contributed by atoms with E-state index in [4.69, 9.17) is 11.5 Å². The van der Waals surface area contributed by atoms with Crippen LogP contribution in [0.5, 0.6) is 0 Å². The van der Waals surface area contributed by atoms with Crippen molar-refractivity contribution in [1.29, 1.82) is 0 Å². The molecule has 0 aliphatic carbocycles. The van der Waals surface area contributed by atoms with Crippen LogP contribution in [0.25, 0.3) is 0 Å². The molecule has 1 aromatic carbocycles. The van der Waals surface area contributed by atoms with Gasteiger partial charge in [0.2, 0.25) is 17.8 Å². The summed E-state index contributed by atoms with van der Waals surface area (Å²) in [5, 5.41) is 23.4. The maximum absolute atomic E-state index is 11.5. The maximum Gasteiger partial charge on any atom is 0.233 e. The quantitative estimate of drug-likeness (QED) is 0.383. The van der Waals surface area contributed by atoms with Crippen molar-refractivity contribution in [3.8, 4) is 0 Å². The van der Waals surface area contributed by atoms with Crippen molar-refractivity contribution < 1.29 is 15.0 Å². The number of rotatable bonds is 5. The van der Waals surface area contributed by atoms with E-state index in [1.165, 1.54) is 6.92 Å². The van der Waals surface area contributed by atoms with E-state index in [2.05, 4.69) is 20.3 Å². The van der Waals surface area contributed by atoms with Crippen LogP contribution < -0.4 is 26.6 Å². The molecule has 2 saturated heterocycles. The third-order valence-corrected chi connectivity index (χ3v) is 5.65. The van der Waals surface area contributed by atoms with Crippen LogP contribution in [0.15, 0.2) is 24.3 Å². The number of β-amino-alcohol motifs (C(OH)–C–C–N with tert-alkyl or cyclic N) is 2. The number of nitrogens with zero attached hydrogens (tertiary/aromatic N) is 5. The molecule has 2 aliphatic rings. The summed E-state index contributed by atoms with van der Waals surface area (Å²) in [6, 6.07) is 6.84. The first-order valence-electron chi connectivity index (χ1n) is 10.8. The second-order valence-electron chi connectivity index (χ2n) is 8.63. The highest BCUT2D eigenvalue weighted by Gasteiger charge is 2.29. The lowest BCUT2D eigenvalue weighted by Crippen LogP contribution is -2.53. The van der Waals surface area contributed by atoms with E-state index < -0.39 is 12.2 Å². The number of carbonyl (C=O) groups is 1. The number of benzene rings is 1. The summed E-state index contributed by atoms with van der Waals surface area (Å²) in [6.45, 7) is 3.27. The third kappa shape index (κ3) is 5.30. The Hall–Kier alpha value is -2.86. The zero-order valence-corrected chi connectivity index (χ0v) is 18.1. The first-order valence-corrected chi connectivity index (χ1v) is 10.8. The number of aliphatic hydroxyl groups is 2. The Morgan fingerprint density at radius 2 is 1.44 bits per heavy atom. The Balaban J connectivity index is 1.65. The molecule has 2 fully saturated rings. The van der Waals surface area contributed by atoms with Crippen molar-refractivity contribution in [1.82, 2.24) is 15.0 Å². The fourth-order valence-corrected chi connectivity index (χ4v) is 4.16. The third-order valence-electron chi connectivity index (χ3n) is 5.65. The van der Waals surface area contributed by atoms with E-state index in [-0.39, 0.29) is 17.9 Å². The Kier molecular flexibility index (Phi) is 6.51. The molecule has 2 aliphatic heterocycles. The highest BCUT2D eigenvalue weighted by atomic mass is 16.3. The Morgan fingerprint density at radius 3 is 1.97 bits per heavy atom. The van der Waals surface area contributed by atoms with Crippen molar-refractivity contribution in [2.75, 3.05) is 41.3 Å². The van der Waals surface area contributed by atoms with Gasteiger partial charge in [-0.1, -0.05) is 0 Å². The number of anilines is 4. The van der Waals surface area contributed by atoms with Crippen LogP contribution in [-0.4, -0.2) is 81.4 Å². The average Bonchev–Trinajstić information content (AvgIpc) is 2.72. The predicted molar refractivity (Wildman–Crippen MR) is 121 cm³/mol. The van der Waals surface area contributed by atoms with Gasteiger partial charge in [-0.15, -0.1) is 0 Å². The highest BCUT2D eigenvalue weighted by Crippen LogP contribution is 2.24. The van der Waals surface area contributed by atoms with E-state index in [0.29, 0.717) is 61.7 Å². The molecule has 11 heteroatoms. The molecular weight excluding hydrogens is 412 g/mol. The standard InChI is InChI=1S/C21H30N8O3/c1-12(30)13-2-4-16(5-3-13)24-19-25-20(28-8-14(22)6-15(23)9-28)27-21(26-19)29-10-17(31)7-18(32)11-29/h2-5,14-15,17-18,31-32H,6-11,22-23H2,1H3,(H,24,25,26,27)/t14-,15+,17-,18-/m1/s1. The number of hydrogen-bond donors (Lipinski definition) is 5. The fraction of sp³-hybridized carbons (Fsp3) is 0.524. The molecule has 7 N–H and O–H groups in total. The molecule has 0 spiro atoms. The van der Waals surface area contributed by atoms with E-state index in [1.807, 2.05) is 4.90 Å². The zero-order valence-electron chi connectivity index (χ0n) is 18.1. The number of nitrogens with two attached hydrogens (primary N) is 2. The minimum atomic E-state index is -0.675. The molecular formula is C21H30N8O3. The summed E-state index contributed by atoms with van der Waals surface area (Å²) in [5.41, 5.74) is 13.6. The van der Waals surface area contributed by atoms with Gasteiger partial charge in [0.15, 0.2) is 5.78 Å². The van der Waals surface area contributed by atoms with Crippen LogP contribution in [0, 0.1) is 0 Å². The molecule has 1 aromatic heterocycles. The van der Waals surface area contributed by atoms with Gasteiger partial charge in [0, 0.05) is 55.9 Å². The van der Waals surface area contributed by atoms with Gasteiger partial charge in [-0.25, -0.2) is 0 Å². The van der Waals surface area contributed by atoms with Crippen LogP contribution >= 0.6 is 0 Å². The number of aromatic nitrogens is 3. The number of hydrogen-bond acceptors (Lipinski definition) is 11. The minimum absolute atomic E-state index is 0.0127. The first kappa shape index (κ1) is 22.3. The van der Waals surface area contributed by atoms with Crippen molar-refractivity contribution >= 4 is 29.3 Å². The minimum Gasteiger partial charge on any atom is -0.391 e. The molecule has 172 valence electrons. The summed E-state index contributed by atoms with van der Waals surface area (Å²) in [4.78, 5) is 28.9. The molecule has 4 atom stereocenters. The largest absolute Gasteiger partial charge is 0.391 e. The van der Waals surface area contributed by atoms with Gasteiger partial charge < -0.3 is 36.8 Å². The molecule has 0 saturated carbocycles. The molecule has 3 heterocycles. The normalized spacial score (nSPS) is 26.2. The summed E-state index contributed by atoms with van der Waals surface area (Å²) in [5.74, 6) is 1.07. The van der Waals surface area contributed by atoms with Crippen molar-refractivity contribution in [2.24, 2.45) is 11.5 Å². The molecule has 11 nitrogen and oxygen atoms in total. The predicted octanol–water partition coefficient (Wildman–Crippen LogP) is -0.386. The molecule has 0 bridgehead atoms. The molecule has 0 radical (unpaired) electrons. The van der Waals surface area contributed by atoms with Crippen LogP contribution in [0.3, 0.4) is 0 Å². The molecule has 0 amide bonds. The number of piperidine rings is 2. The van der Waals surface area contributed by atoms with E-state index in [9.17, 15) is 15.0 Å². The van der Waals surface area contributed by atoms with Gasteiger partial charge in [0.1, 0.15) is 0 Å². The van der Waals surface area contributed by atoms with Crippen LogP contribution in [-0.2, 0) is 0 Å². The van der Waals surface area contributed by atoms with E-state index in [0.717, 1.165) is 6.42 Å². The second kappa shape index (κ2) is 9.33. The smallest absolute Gasteiger partial charge is 0.233 e. The molecule has 2 aromatic rings. The lowest BCUT2D eigenvalue weighted by Gasteiger charge is -2.36. The maximum atomic E-state index is 11.5. The lowest BCUT2D eigenvalue weighted by molar-refractivity contribution is 0.0645. The van der Waals surface area contributed by atoms with Gasteiger partial charge >= 0.3 is 0 Å². The summed E-state index contributed by atoms with van der Waals surface area (Å²) < 4.78 is 0. The van der Waals surface area contributed by atoms with E-state index >= 15 is 0 Å². The molecule has 32 heavy (non-hydrogen) atoms. The lowest BCUT2D eigenvalue weighted by atomic mass is 10.0. The molecule has 4 rings (SSSR count). The van der Waals surface area contributed by atoms with E-state index in [1.54, 1.807) is 29.2 Å².